The Bertz CT molecular complexity index is 879. The lowest BCUT2D eigenvalue weighted by molar-refractivity contribution is -0.140. The standard InChI is InChI=1S/C24H30N2O4/c1-4-25-24(28)18(3)26(16-20-7-5-17(2)6-8-20)23(27)12-10-19-9-11-21-22(15-19)30-14-13-29-21/h5-9,11,15,18H,4,10,12-14,16H2,1-3H3,(H,25,28). The maximum absolute atomic E-state index is 13.1. The number of nitrogens with zero attached hydrogens (tertiary/aromatic N) is 1. The van der Waals surface area contributed by atoms with E-state index in [-0.39, 0.29) is 11.8 Å². The fraction of sp³-hybridized carbons (Fsp3) is 0.417. The van der Waals surface area contributed by atoms with Gasteiger partial charge in [0.25, 0.3) is 0 Å². The zero-order chi connectivity index (χ0) is 21.5. The topological polar surface area (TPSA) is 67.9 Å². The Morgan fingerprint density at radius 1 is 1.03 bits per heavy atom. The molecule has 1 aliphatic rings. The van der Waals surface area contributed by atoms with Gasteiger partial charge in [-0.2, -0.15) is 0 Å². The van der Waals surface area contributed by atoms with Gasteiger partial charge in [0.1, 0.15) is 19.3 Å². The highest BCUT2D eigenvalue weighted by molar-refractivity contribution is 5.87. The maximum Gasteiger partial charge on any atom is 0.242 e. The number of ether oxygens (including phenoxy) is 2. The molecule has 1 unspecified atom stereocenters. The van der Waals surface area contributed by atoms with Crippen molar-refractivity contribution in [3.05, 3.63) is 59.2 Å². The van der Waals surface area contributed by atoms with E-state index >= 15 is 0 Å². The molecule has 0 fully saturated rings. The summed E-state index contributed by atoms with van der Waals surface area (Å²) < 4.78 is 11.2. The highest BCUT2D eigenvalue weighted by Gasteiger charge is 2.25. The summed E-state index contributed by atoms with van der Waals surface area (Å²) in [5.74, 6) is 1.27. The minimum Gasteiger partial charge on any atom is -0.486 e. The lowest BCUT2D eigenvalue weighted by Crippen LogP contribution is -2.47. The van der Waals surface area contributed by atoms with E-state index in [9.17, 15) is 9.59 Å². The molecule has 6 heteroatoms. The van der Waals surface area contributed by atoms with Gasteiger partial charge in [-0.05, 0) is 50.5 Å². The van der Waals surface area contributed by atoms with Crippen molar-refractivity contribution in [1.82, 2.24) is 10.2 Å². The van der Waals surface area contributed by atoms with Crippen LogP contribution in [0, 0.1) is 6.92 Å². The number of nitrogens with one attached hydrogen (secondary N) is 1. The Morgan fingerprint density at radius 2 is 1.70 bits per heavy atom. The first-order chi connectivity index (χ1) is 14.5. The fourth-order valence-corrected chi connectivity index (χ4v) is 3.43. The average molecular weight is 411 g/mol. The summed E-state index contributed by atoms with van der Waals surface area (Å²) in [6.07, 6.45) is 0.886. The number of carbonyl (C=O) groups excluding carboxylic acids is 2. The number of hydrogen-bond donors (Lipinski definition) is 1. The molecule has 1 heterocycles. The van der Waals surface area contributed by atoms with Crippen LogP contribution in [-0.2, 0) is 22.6 Å². The van der Waals surface area contributed by atoms with Gasteiger partial charge in [0.05, 0.1) is 0 Å². The monoisotopic (exact) mass is 410 g/mol. The third-order valence-electron chi connectivity index (χ3n) is 5.23. The summed E-state index contributed by atoms with van der Waals surface area (Å²) in [6.45, 7) is 7.70. The molecule has 2 aromatic carbocycles. The van der Waals surface area contributed by atoms with E-state index in [4.69, 9.17) is 9.47 Å². The van der Waals surface area contributed by atoms with Crippen LogP contribution < -0.4 is 14.8 Å². The van der Waals surface area contributed by atoms with E-state index in [0.717, 1.165) is 28.2 Å². The van der Waals surface area contributed by atoms with E-state index in [2.05, 4.69) is 5.32 Å². The average Bonchev–Trinajstić information content (AvgIpc) is 2.76. The van der Waals surface area contributed by atoms with E-state index in [0.29, 0.717) is 39.1 Å². The van der Waals surface area contributed by atoms with Crippen molar-refractivity contribution in [3.63, 3.8) is 0 Å². The molecule has 3 rings (SSSR count). The summed E-state index contributed by atoms with van der Waals surface area (Å²) in [5.41, 5.74) is 3.17. The first-order valence-electron chi connectivity index (χ1n) is 10.5. The van der Waals surface area contributed by atoms with Crippen molar-refractivity contribution < 1.29 is 19.1 Å². The molecule has 2 amide bonds. The summed E-state index contributed by atoms with van der Waals surface area (Å²) in [7, 11) is 0. The van der Waals surface area contributed by atoms with Gasteiger partial charge >= 0.3 is 0 Å². The zero-order valence-corrected chi connectivity index (χ0v) is 17.9. The number of rotatable bonds is 8. The van der Waals surface area contributed by atoms with Gasteiger partial charge in [0.15, 0.2) is 11.5 Å². The van der Waals surface area contributed by atoms with Crippen LogP contribution >= 0.6 is 0 Å². The quantitative estimate of drug-likeness (QED) is 0.725. The molecule has 0 aromatic heterocycles. The van der Waals surface area contributed by atoms with Crippen molar-refractivity contribution in [3.8, 4) is 11.5 Å². The molecule has 0 spiro atoms. The predicted molar refractivity (Wildman–Crippen MR) is 116 cm³/mol. The third-order valence-corrected chi connectivity index (χ3v) is 5.23. The lowest BCUT2D eigenvalue weighted by Gasteiger charge is -2.29. The van der Waals surface area contributed by atoms with Gasteiger partial charge in [-0.25, -0.2) is 0 Å². The highest BCUT2D eigenvalue weighted by atomic mass is 16.6. The molecule has 0 aliphatic carbocycles. The number of fused-ring (bicyclic) bond motifs is 1. The first kappa shape index (κ1) is 21.7. The number of likely N-dealkylation sites (N-methyl/N-ethyl adjacent to an activating group) is 1. The predicted octanol–water partition coefficient (Wildman–Crippen LogP) is 3.25. The van der Waals surface area contributed by atoms with E-state index in [1.807, 2.05) is 56.3 Å². The Morgan fingerprint density at radius 3 is 2.40 bits per heavy atom. The highest BCUT2D eigenvalue weighted by Crippen LogP contribution is 2.31. The lowest BCUT2D eigenvalue weighted by atomic mass is 10.1. The molecule has 0 saturated heterocycles. The SMILES string of the molecule is CCNC(=O)C(C)N(Cc1ccc(C)cc1)C(=O)CCc1ccc2c(c1)OCCO2. The van der Waals surface area contributed by atoms with E-state index < -0.39 is 6.04 Å². The maximum atomic E-state index is 13.1. The molecule has 1 aliphatic heterocycles. The second-order valence-electron chi connectivity index (χ2n) is 7.56. The summed E-state index contributed by atoms with van der Waals surface area (Å²) in [5, 5.41) is 2.82. The molecule has 2 aromatic rings. The van der Waals surface area contributed by atoms with Gasteiger partial charge < -0.3 is 19.7 Å². The van der Waals surface area contributed by atoms with Crippen LogP contribution in [0.4, 0.5) is 0 Å². The minimum absolute atomic E-state index is 0.0517. The molecular weight excluding hydrogens is 380 g/mol. The molecule has 0 bridgehead atoms. The number of amides is 2. The van der Waals surface area contributed by atoms with Crippen molar-refractivity contribution in [1.29, 1.82) is 0 Å². The van der Waals surface area contributed by atoms with Crippen LogP contribution in [0.1, 0.15) is 37.0 Å². The molecule has 1 N–H and O–H groups in total. The largest absolute Gasteiger partial charge is 0.486 e. The van der Waals surface area contributed by atoms with Crippen LogP contribution in [0.25, 0.3) is 0 Å². The number of hydrogen-bond acceptors (Lipinski definition) is 4. The van der Waals surface area contributed by atoms with Gasteiger partial charge in [-0.3, -0.25) is 9.59 Å². The molecular formula is C24H30N2O4. The second-order valence-corrected chi connectivity index (χ2v) is 7.56. The molecule has 1 atom stereocenters. The second kappa shape index (κ2) is 10.1. The summed E-state index contributed by atoms with van der Waals surface area (Å²) >= 11 is 0. The Kier molecular flexibility index (Phi) is 7.33. The first-order valence-corrected chi connectivity index (χ1v) is 10.5. The zero-order valence-electron chi connectivity index (χ0n) is 17.9. The van der Waals surface area contributed by atoms with Crippen molar-refractivity contribution in [2.24, 2.45) is 0 Å². The Balaban J connectivity index is 1.70. The van der Waals surface area contributed by atoms with Crippen LogP contribution in [0.5, 0.6) is 11.5 Å². The van der Waals surface area contributed by atoms with Crippen LogP contribution in [0.15, 0.2) is 42.5 Å². The molecule has 30 heavy (non-hydrogen) atoms. The Labute approximate surface area is 178 Å². The van der Waals surface area contributed by atoms with Crippen molar-refractivity contribution in [2.45, 2.75) is 46.2 Å². The van der Waals surface area contributed by atoms with Crippen molar-refractivity contribution in [2.75, 3.05) is 19.8 Å². The van der Waals surface area contributed by atoms with Gasteiger partial charge in [0, 0.05) is 19.5 Å². The van der Waals surface area contributed by atoms with Gasteiger partial charge in [-0.1, -0.05) is 35.9 Å². The Hall–Kier alpha value is -3.02. The minimum atomic E-state index is -0.543. The van der Waals surface area contributed by atoms with Crippen LogP contribution in [0.2, 0.25) is 0 Å². The summed E-state index contributed by atoms with van der Waals surface area (Å²) in [6, 6.07) is 13.3. The summed E-state index contributed by atoms with van der Waals surface area (Å²) in [4.78, 5) is 27.2. The van der Waals surface area contributed by atoms with E-state index in [1.54, 1.807) is 11.8 Å². The smallest absolute Gasteiger partial charge is 0.242 e. The van der Waals surface area contributed by atoms with Crippen LogP contribution in [0.3, 0.4) is 0 Å². The molecule has 0 saturated carbocycles. The molecule has 6 nitrogen and oxygen atoms in total. The number of carbonyl (C=O) groups is 2. The van der Waals surface area contributed by atoms with E-state index in [1.165, 1.54) is 0 Å². The molecule has 0 radical (unpaired) electrons. The fourth-order valence-electron chi connectivity index (χ4n) is 3.43. The van der Waals surface area contributed by atoms with Crippen molar-refractivity contribution >= 4 is 11.8 Å². The van der Waals surface area contributed by atoms with Crippen LogP contribution in [-0.4, -0.2) is 42.5 Å². The normalized spacial score (nSPS) is 13.4. The van der Waals surface area contributed by atoms with Gasteiger partial charge in [0.2, 0.25) is 11.8 Å². The molecule has 160 valence electrons. The number of benzene rings is 2. The van der Waals surface area contributed by atoms with Gasteiger partial charge in [-0.15, -0.1) is 0 Å². The third kappa shape index (κ3) is 5.53. The number of aryl methyl sites for hydroxylation is 2.